The molecule has 1 rings (SSSR count). The van der Waals surface area contributed by atoms with Crippen LogP contribution in [0.15, 0.2) is 0 Å². The van der Waals surface area contributed by atoms with Crippen LogP contribution in [0.5, 0.6) is 0 Å². The molecule has 1 atom stereocenters. The van der Waals surface area contributed by atoms with Crippen LogP contribution in [-0.2, 0) is 0 Å². The summed E-state index contributed by atoms with van der Waals surface area (Å²) in [5.41, 5.74) is 5.07. The molecule has 86 valence electrons. The molecule has 0 aromatic carbocycles. The van der Waals surface area contributed by atoms with Gasteiger partial charge in [-0.2, -0.15) is 0 Å². The van der Waals surface area contributed by atoms with E-state index in [2.05, 4.69) is 5.32 Å². The van der Waals surface area contributed by atoms with E-state index in [1.54, 1.807) is 0 Å². The Labute approximate surface area is 96.2 Å². The molecule has 0 aromatic heterocycles. The van der Waals surface area contributed by atoms with Crippen molar-refractivity contribution in [3.05, 3.63) is 0 Å². The van der Waals surface area contributed by atoms with Crippen molar-refractivity contribution < 1.29 is 4.79 Å². The van der Waals surface area contributed by atoms with Gasteiger partial charge in [0, 0.05) is 13.1 Å². The quantitative estimate of drug-likeness (QED) is 0.716. The number of hydrogen-bond donors (Lipinski definition) is 2. The van der Waals surface area contributed by atoms with E-state index in [0.29, 0.717) is 11.4 Å². The first-order valence-corrected chi connectivity index (χ1v) is 5.77. The van der Waals surface area contributed by atoms with E-state index in [4.69, 9.17) is 18.0 Å². The largest absolute Gasteiger partial charge is 0.391 e. The molecule has 0 bridgehead atoms. The highest BCUT2D eigenvalue weighted by Crippen LogP contribution is 2.13. The van der Waals surface area contributed by atoms with Crippen molar-refractivity contribution in [3.63, 3.8) is 0 Å². The van der Waals surface area contributed by atoms with E-state index in [1.165, 1.54) is 0 Å². The fraction of sp³-hybridized carbons (Fsp3) is 0.800. The van der Waals surface area contributed by atoms with Crippen LogP contribution >= 0.6 is 12.2 Å². The SMILES string of the molecule is CCC(C)(NC(=O)N1CCCC1)C(N)=S. The molecule has 1 fully saturated rings. The summed E-state index contributed by atoms with van der Waals surface area (Å²) < 4.78 is 0. The molecule has 0 aliphatic carbocycles. The van der Waals surface area contributed by atoms with Crippen molar-refractivity contribution in [3.8, 4) is 0 Å². The summed E-state index contributed by atoms with van der Waals surface area (Å²) in [4.78, 5) is 14.0. The Balaban J connectivity index is 2.58. The maximum Gasteiger partial charge on any atom is 0.318 e. The topological polar surface area (TPSA) is 58.4 Å². The third-order valence-corrected chi connectivity index (χ3v) is 3.48. The monoisotopic (exact) mass is 229 g/mol. The maximum absolute atomic E-state index is 11.8. The van der Waals surface area contributed by atoms with Crippen LogP contribution in [0.2, 0.25) is 0 Å². The van der Waals surface area contributed by atoms with Gasteiger partial charge >= 0.3 is 6.03 Å². The third-order valence-electron chi connectivity index (χ3n) is 3.03. The lowest BCUT2D eigenvalue weighted by atomic mass is 9.99. The van der Waals surface area contributed by atoms with Crippen molar-refractivity contribution >= 4 is 23.2 Å². The molecule has 0 aromatic rings. The molecule has 5 heteroatoms. The second-order valence-electron chi connectivity index (χ2n) is 4.17. The minimum atomic E-state index is -0.561. The second-order valence-corrected chi connectivity index (χ2v) is 4.61. The number of rotatable bonds is 3. The second kappa shape index (κ2) is 4.79. The highest BCUT2D eigenvalue weighted by atomic mass is 32.1. The molecule has 2 amide bonds. The average Bonchev–Trinajstić information content (AvgIpc) is 2.70. The minimum absolute atomic E-state index is 0.0512. The zero-order valence-corrected chi connectivity index (χ0v) is 10.2. The van der Waals surface area contributed by atoms with Crippen LogP contribution in [0.1, 0.15) is 33.1 Å². The summed E-state index contributed by atoms with van der Waals surface area (Å²) >= 11 is 4.97. The Hall–Kier alpha value is -0.840. The number of amides is 2. The molecule has 1 aliphatic heterocycles. The number of likely N-dealkylation sites (tertiary alicyclic amines) is 1. The van der Waals surface area contributed by atoms with Gasteiger partial charge in [0.25, 0.3) is 0 Å². The fourth-order valence-electron chi connectivity index (χ4n) is 1.56. The van der Waals surface area contributed by atoms with Crippen LogP contribution in [-0.4, -0.2) is 34.5 Å². The Morgan fingerprint density at radius 1 is 1.53 bits per heavy atom. The van der Waals surface area contributed by atoms with Crippen molar-refractivity contribution in [1.82, 2.24) is 10.2 Å². The van der Waals surface area contributed by atoms with Gasteiger partial charge in [-0.1, -0.05) is 19.1 Å². The highest BCUT2D eigenvalue weighted by Gasteiger charge is 2.30. The first-order valence-electron chi connectivity index (χ1n) is 5.36. The lowest BCUT2D eigenvalue weighted by molar-refractivity contribution is 0.201. The van der Waals surface area contributed by atoms with Crippen LogP contribution in [0, 0.1) is 0 Å². The molecule has 1 aliphatic rings. The summed E-state index contributed by atoms with van der Waals surface area (Å²) in [6, 6.07) is -0.0512. The number of nitrogens with two attached hydrogens (primary N) is 1. The van der Waals surface area contributed by atoms with Crippen molar-refractivity contribution in [2.45, 2.75) is 38.6 Å². The molecule has 15 heavy (non-hydrogen) atoms. The van der Waals surface area contributed by atoms with E-state index in [9.17, 15) is 4.79 Å². The number of nitrogens with zero attached hydrogens (tertiary/aromatic N) is 1. The van der Waals surface area contributed by atoms with E-state index in [0.717, 1.165) is 25.9 Å². The van der Waals surface area contributed by atoms with Crippen LogP contribution < -0.4 is 11.1 Å². The molecule has 1 heterocycles. The smallest absolute Gasteiger partial charge is 0.318 e. The van der Waals surface area contributed by atoms with Crippen LogP contribution in [0.4, 0.5) is 4.79 Å². The van der Waals surface area contributed by atoms with Crippen molar-refractivity contribution in [2.24, 2.45) is 5.73 Å². The number of carbonyl (C=O) groups excluding carboxylic acids is 1. The first kappa shape index (κ1) is 12.2. The van der Waals surface area contributed by atoms with Gasteiger partial charge in [-0.25, -0.2) is 4.79 Å². The summed E-state index contributed by atoms with van der Waals surface area (Å²) in [6.07, 6.45) is 2.88. The third kappa shape index (κ3) is 2.81. The molecular formula is C10H19N3OS. The summed E-state index contributed by atoms with van der Waals surface area (Å²) in [5.74, 6) is 0. The van der Waals surface area contributed by atoms with E-state index >= 15 is 0 Å². The molecule has 1 unspecified atom stereocenters. The molecular weight excluding hydrogens is 210 g/mol. The number of carbonyl (C=O) groups is 1. The van der Waals surface area contributed by atoms with Gasteiger partial charge in [0.2, 0.25) is 0 Å². The van der Waals surface area contributed by atoms with Gasteiger partial charge in [-0.3, -0.25) is 0 Å². The lowest BCUT2D eigenvalue weighted by Crippen LogP contribution is -2.57. The van der Waals surface area contributed by atoms with Crippen molar-refractivity contribution in [2.75, 3.05) is 13.1 Å². The zero-order chi connectivity index (χ0) is 11.5. The van der Waals surface area contributed by atoms with Gasteiger partial charge in [0.1, 0.15) is 0 Å². The average molecular weight is 229 g/mol. The number of nitrogens with one attached hydrogen (secondary N) is 1. The Kier molecular flexibility index (Phi) is 3.90. The number of thiocarbonyl (C=S) groups is 1. The van der Waals surface area contributed by atoms with E-state index in [-0.39, 0.29) is 6.03 Å². The Morgan fingerprint density at radius 2 is 2.07 bits per heavy atom. The maximum atomic E-state index is 11.8. The van der Waals surface area contributed by atoms with Crippen LogP contribution in [0.25, 0.3) is 0 Å². The number of urea groups is 1. The van der Waals surface area contributed by atoms with Crippen LogP contribution in [0.3, 0.4) is 0 Å². The highest BCUT2D eigenvalue weighted by molar-refractivity contribution is 7.80. The normalized spacial score (nSPS) is 19.7. The predicted molar refractivity (Wildman–Crippen MR) is 64.8 cm³/mol. The zero-order valence-electron chi connectivity index (χ0n) is 9.38. The van der Waals surface area contributed by atoms with E-state index in [1.807, 2.05) is 18.7 Å². The predicted octanol–water partition coefficient (Wildman–Crippen LogP) is 1.25. The standard InChI is InChI=1S/C10H19N3OS/c1-3-10(2,8(11)15)12-9(14)13-6-4-5-7-13/h3-7H2,1-2H3,(H2,11,15)(H,12,14). The molecule has 0 saturated carbocycles. The summed E-state index contributed by atoms with van der Waals surface area (Å²) in [5, 5.41) is 2.91. The molecule has 0 radical (unpaired) electrons. The lowest BCUT2D eigenvalue weighted by Gasteiger charge is -2.30. The molecule has 0 spiro atoms. The Bertz CT molecular complexity index is 263. The fourth-order valence-corrected chi connectivity index (χ4v) is 1.75. The first-order chi connectivity index (χ1) is 6.99. The van der Waals surface area contributed by atoms with Crippen molar-refractivity contribution in [1.29, 1.82) is 0 Å². The molecule has 3 N–H and O–H groups in total. The van der Waals surface area contributed by atoms with Gasteiger partial charge in [0.15, 0.2) is 0 Å². The molecule has 4 nitrogen and oxygen atoms in total. The van der Waals surface area contributed by atoms with Gasteiger partial charge in [0.05, 0.1) is 10.5 Å². The minimum Gasteiger partial charge on any atom is -0.391 e. The van der Waals surface area contributed by atoms with Gasteiger partial charge in [-0.05, 0) is 26.2 Å². The summed E-state index contributed by atoms with van der Waals surface area (Å²) in [6.45, 7) is 5.50. The molecule has 1 saturated heterocycles. The summed E-state index contributed by atoms with van der Waals surface area (Å²) in [7, 11) is 0. The van der Waals surface area contributed by atoms with Gasteiger partial charge < -0.3 is 16.0 Å². The Morgan fingerprint density at radius 3 is 2.47 bits per heavy atom. The number of hydrogen-bond acceptors (Lipinski definition) is 2. The van der Waals surface area contributed by atoms with Gasteiger partial charge in [-0.15, -0.1) is 0 Å². The van der Waals surface area contributed by atoms with E-state index < -0.39 is 5.54 Å².